The number of hydrogen-bond acceptors (Lipinski definition) is 1. The monoisotopic (exact) mass is 357 g/mol. The van der Waals surface area contributed by atoms with Crippen molar-refractivity contribution >= 4 is 22.6 Å². The van der Waals surface area contributed by atoms with Gasteiger partial charge >= 0.3 is 0 Å². The van der Waals surface area contributed by atoms with E-state index in [1.165, 1.54) is 47.8 Å². The van der Waals surface area contributed by atoms with Gasteiger partial charge in [-0.1, -0.05) is 38.3 Å². The first-order valence-electron chi connectivity index (χ1n) is 7.19. The first kappa shape index (κ1) is 14.3. The molecule has 1 aromatic carbocycles. The molecule has 0 radical (unpaired) electrons. The molecule has 2 heteroatoms. The van der Waals surface area contributed by atoms with Gasteiger partial charge in [0.2, 0.25) is 0 Å². The fourth-order valence-electron chi connectivity index (χ4n) is 2.96. The van der Waals surface area contributed by atoms with Crippen molar-refractivity contribution in [1.29, 1.82) is 0 Å². The molecule has 0 aromatic heterocycles. The second-order valence-corrected chi connectivity index (χ2v) is 6.98. The minimum absolute atomic E-state index is 0.958. The van der Waals surface area contributed by atoms with Crippen LogP contribution in [0, 0.1) is 15.4 Å². The van der Waals surface area contributed by atoms with E-state index in [1.54, 1.807) is 0 Å². The Labute approximate surface area is 125 Å². The van der Waals surface area contributed by atoms with Crippen LogP contribution in [0.2, 0.25) is 0 Å². The summed E-state index contributed by atoms with van der Waals surface area (Å²) in [4.78, 5) is 0. The fourth-order valence-corrected chi connectivity index (χ4v) is 3.32. The Balaban J connectivity index is 1.62. The lowest BCUT2D eigenvalue weighted by atomic mass is 9.81. The van der Waals surface area contributed by atoms with Crippen LogP contribution in [-0.2, 0) is 6.54 Å². The van der Waals surface area contributed by atoms with Crippen LogP contribution in [0.15, 0.2) is 24.3 Å². The van der Waals surface area contributed by atoms with E-state index in [-0.39, 0.29) is 0 Å². The van der Waals surface area contributed by atoms with Gasteiger partial charge in [0.25, 0.3) is 0 Å². The topological polar surface area (TPSA) is 12.0 Å². The summed E-state index contributed by atoms with van der Waals surface area (Å²) in [6, 6.07) is 8.80. The van der Waals surface area contributed by atoms with Crippen LogP contribution in [0.1, 0.15) is 44.6 Å². The zero-order chi connectivity index (χ0) is 12.8. The van der Waals surface area contributed by atoms with Crippen LogP contribution >= 0.6 is 22.6 Å². The average Bonchev–Trinajstić information content (AvgIpc) is 2.37. The molecule has 1 nitrogen and oxygen atoms in total. The quantitative estimate of drug-likeness (QED) is 0.600. The summed E-state index contributed by atoms with van der Waals surface area (Å²) in [5.74, 6) is 1.93. The van der Waals surface area contributed by atoms with Gasteiger partial charge in [-0.2, -0.15) is 0 Å². The van der Waals surface area contributed by atoms with E-state index in [9.17, 15) is 0 Å². The van der Waals surface area contributed by atoms with Crippen LogP contribution in [0.3, 0.4) is 0 Å². The van der Waals surface area contributed by atoms with Gasteiger partial charge in [0.15, 0.2) is 0 Å². The van der Waals surface area contributed by atoms with E-state index < -0.39 is 0 Å². The Morgan fingerprint density at radius 1 is 1.22 bits per heavy atom. The highest BCUT2D eigenvalue weighted by atomic mass is 127. The molecular formula is C16H24IN. The van der Waals surface area contributed by atoms with Crippen molar-refractivity contribution in [3.8, 4) is 0 Å². The summed E-state index contributed by atoms with van der Waals surface area (Å²) in [5, 5.41) is 3.58. The summed E-state index contributed by atoms with van der Waals surface area (Å²) in [6.07, 6.45) is 7.16. The standard InChI is InChI=1S/C16H24IN/c1-13-3-2-4-14(11-13)9-10-18-12-15-5-7-16(17)8-6-15/h5-8,13-14,18H,2-4,9-12H2,1H3. The second-order valence-electron chi connectivity index (χ2n) is 5.73. The zero-order valence-corrected chi connectivity index (χ0v) is 13.4. The molecule has 1 aliphatic rings. The molecule has 2 unspecified atom stereocenters. The minimum atomic E-state index is 0.958. The number of halogens is 1. The molecule has 0 spiro atoms. The molecule has 18 heavy (non-hydrogen) atoms. The highest BCUT2D eigenvalue weighted by Crippen LogP contribution is 2.30. The normalized spacial score (nSPS) is 24.1. The molecule has 2 rings (SSSR count). The summed E-state index contributed by atoms with van der Waals surface area (Å²) >= 11 is 2.35. The summed E-state index contributed by atoms with van der Waals surface area (Å²) in [7, 11) is 0. The fraction of sp³-hybridized carbons (Fsp3) is 0.625. The maximum atomic E-state index is 3.58. The van der Waals surface area contributed by atoms with Crippen molar-refractivity contribution < 1.29 is 0 Å². The van der Waals surface area contributed by atoms with Crippen molar-refractivity contribution in [1.82, 2.24) is 5.32 Å². The van der Waals surface area contributed by atoms with Crippen molar-refractivity contribution in [2.24, 2.45) is 11.8 Å². The maximum Gasteiger partial charge on any atom is 0.0205 e. The third-order valence-corrected chi connectivity index (χ3v) is 4.74. The van der Waals surface area contributed by atoms with E-state index >= 15 is 0 Å². The predicted octanol–water partition coefficient (Wildman–Crippen LogP) is 4.60. The molecule has 100 valence electrons. The largest absolute Gasteiger partial charge is 0.313 e. The Morgan fingerprint density at radius 2 is 2.00 bits per heavy atom. The maximum absolute atomic E-state index is 3.58. The smallest absolute Gasteiger partial charge is 0.0205 e. The SMILES string of the molecule is CC1CCCC(CCNCc2ccc(I)cc2)C1. The molecular weight excluding hydrogens is 333 g/mol. The zero-order valence-electron chi connectivity index (χ0n) is 11.3. The molecule has 0 amide bonds. The minimum Gasteiger partial charge on any atom is -0.313 e. The molecule has 1 aromatic rings. The Bertz CT molecular complexity index is 347. The van der Waals surface area contributed by atoms with Gasteiger partial charge < -0.3 is 5.32 Å². The Morgan fingerprint density at radius 3 is 2.72 bits per heavy atom. The molecule has 0 saturated heterocycles. The summed E-state index contributed by atoms with van der Waals surface area (Å²) in [6.45, 7) is 4.59. The Hall–Kier alpha value is -0.0900. The van der Waals surface area contributed by atoms with Crippen molar-refractivity contribution in [2.45, 2.75) is 45.6 Å². The van der Waals surface area contributed by atoms with E-state index in [2.05, 4.69) is 59.1 Å². The van der Waals surface area contributed by atoms with E-state index in [0.717, 1.165) is 18.4 Å². The highest BCUT2D eigenvalue weighted by molar-refractivity contribution is 14.1. The van der Waals surface area contributed by atoms with Crippen LogP contribution in [-0.4, -0.2) is 6.54 Å². The number of hydrogen-bond donors (Lipinski definition) is 1. The van der Waals surface area contributed by atoms with Crippen molar-refractivity contribution in [2.75, 3.05) is 6.54 Å². The highest BCUT2D eigenvalue weighted by Gasteiger charge is 2.17. The van der Waals surface area contributed by atoms with Crippen LogP contribution in [0.5, 0.6) is 0 Å². The average molecular weight is 357 g/mol. The van der Waals surface area contributed by atoms with Crippen LogP contribution in [0.25, 0.3) is 0 Å². The van der Waals surface area contributed by atoms with Crippen LogP contribution < -0.4 is 5.32 Å². The second kappa shape index (κ2) is 7.49. The summed E-state index contributed by atoms with van der Waals surface area (Å²) < 4.78 is 1.31. The van der Waals surface area contributed by atoms with Gasteiger partial charge in [-0.15, -0.1) is 0 Å². The van der Waals surface area contributed by atoms with Gasteiger partial charge in [-0.05, 0) is 71.5 Å². The molecule has 1 saturated carbocycles. The first-order valence-corrected chi connectivity index (χ1v) is 8.27. The van der Waals surface area contributed by atoms with Gasteiger partial charge in [-0.25, -0.2) is 0 Å². The lowest BCUT2D eigenvalue weighted by Gasteiger charge is -2.26. The molecule has 1 fully saturated rings. The van der Waals surface area contributed by atoms with E-state index in [0.29, 0.717) is 0 Å². The van der Waals surface area contributed by atoms with E-state index in [1.807, 2.05) is 0 Å². The number of benzene rings is 1. The lowest BCUT2D eigenvalue weighted by molar-refractivity contribution is 0.267. The third-order valence-electron chi connectivity index (χ3n) is 4.02. The van der Waals surface area contributed by atoms with E-state index in [4.69, 9.17) is 0 Å². The molecule has 0 aliphatic heterocycles. The molecule has 0 bridgehead atoms. The lowest BCUT2D eigenvalue weighted by Crippen LogP contribution is -2.21. The first-order chi connectivity index (χ1) is 8.74. The molecule has 1 N–H and O–H groups in total. The third kappa shape index (κ3) is 4.88. The predicted molar refractivity (Wildman–Crippen MR) is 86.6 cm³/mol. The summed E-state index contributed by atoms with van der Waals surface area (Å²) in [5.41, 5.74) is 1.40. The molecule has 1 aliphatic carbocycles. The van der Waals surface area contributed by atoms with Crippen molar-refractivity contribution in [3.05, 3.63) is 33.4 Å². The molecule has 2 atom stereocenters. The van der Waals surface area contributed by atoms with Gasteiger partial charge in [0, 0.05) is 10.1 Å². The van der Waals surface area contributed by atoms with Crippen LogP contribution in [0.4, 0.5) is 0 Å². The van der Waals surface area contributed by atoms with Crippen molar-refractivity contribution in [3.63, 3.8) is 0 Å². The molecule has 0 heterocycles. The Kier molecular flexibility index (Phi) is 5.96. The van der Waals surface area contributed by atoms with Gasteiger partial charge in [0.1, 0.15) is 0 Å². The number of nitrogens with one attached hydrogen (secondary N) is 1. The van der Waals surface area contributed by atoms with Gasteiger partial charge in [-0.3, -0.25) is 0 Å². The number of rotatable bonds is 5. The van der Waals surface area contributed by atoms with Gasteiger partial charge in [0.05, 0.1) is 0 Å².